The van der Waals surface area contributed by atoms with E-state index in [1.54, 1.807) is 0 Å². The number of benzene rings is 2. The second-order valence-corrected chi connectivity index (χ2v) is 9.24. The second-order valence-electron chi connectivity index (χ2n) is 6.83. The van der Waals surface area contributed by atoms with Gasteiger partial charge < -0.3 is 5.11 Å². The highest BCUT2D eigenvalue weighted by Gasteiger charge is 2.65. The number of phenolic OH excluding ortho intramolecular Hbond substituents is 1. The maximum absolute atomic E-state index is 14.4. The van der Waals surface area contributed by atoms with Gasteiger partial charge in [0.2, 0.25) is 0 Å². The van der Waals surface area contributed by atoms with Crippen molar-refractivity contribution in [3.05, 3.63) is 66.1 Å². The molecule has 0 radical (unpaired) electrons. The van der Waals surface area contributed by atoms with Gasteiger partial charge in [0.05, 0.1) is 28.8 Å². The van der Waals surface area contributed by atoms with E-state index < -0.39 is 38.1 Å². The molecule has 0 bridgehead atoms. The standard InChI is InChI=1S/C19H12F7N3OS/c1-10-19(18-14(20)6-12(30)7-15(18)21)29-9-16(27-8-17(29)28-10)11-3-2-4-13(5-11)31(22,23,24,25)26/h2-9,30H,1H3. The van der Waals surface area contributed by atoms with Crippen LogP contribution in [0.5, 0.6) is 5.75 Å². The Bertz CT molecular complexity index is 1340. The molecule has 2 aromatic heterocycles. The highest BCUT2D eigenvalue weighted by atomic mass is 32.5. The van der Waals surface area contributed by atoms with Gasteiger partial charge in [-0.05, 0) is 19.1 Å². The van der Waals surface area contributed by atoms with Crippen LogP contribution in [0.4, 0.5) is 28.2 Å². The first-order valence-corrected chi connectivity index (χ1v) is 10.5. The summed E-state index contributed by atoms with van der Waals surface area (Å²) in [5.74, 6) is -2.83. The molecule has 0 fully saturated rings. The first-order valence-electron chi connectivity index (χ1n) is 8.52. The minimum Gasteiger partial charge on any atom is -0.508 e. The molecule has 31 heavy (non-hydrogen) atoms. The fraction of sp³-hybridized carbons (Fsp3) is 0.0526. The number of imidazole rings is 1. The minimum atomic E-state index is -9.92. The van der Waals surface area contributed by atoms with Gasteiger partial charge >= 0.3 is 10.2 Å². The van der Waals surface area contributed by atoms with Crippen molar-refractivity contribution in [3.63, 3.8) is 0 Å². The van der Waals surface area contributed by atoms with Gasteiger partial charge in [0.25, 0.3) is 0 Å². The smallest absolute Gasteiger partial charge is 0.310 e. The summed E-state index contributed by atoms with van der Waals surface area (Å²) in [5, 5.41) is 9.36. The number of aryl methyl sites for hydroxylation is 1. The van der Waals surface area contributed by atoms with Crippen LogP contribution in [-0.2, 0) is 0 Å². The fourth-order valence-electron chi connectivity index (χ4n) is 3.20. The van der Waals surface area contributed by atoms with E-state index in [-0.39, 0.29) is 40.4 Å². The monoisotopic (exact) mass is 463 g/mol. The Hall–Kier alpha value is -3.28. The van der Waals surface area contributed by atoms with Crippen LogP contribution in [0.3, 0.4) is 0 Å². The molecule has 0 atom stereocenters. The summed E-state index contributed by atoms with van der Waals surface area (Å²) in [6.07, 6.45) is 2.27. The normalized spacial score (nSPS) is 14.5. The van der Waals surface area contributed by atoms with Gasteiger partial charge in [-0.25, -0.2) is 13.8 Å². The highest BCUT2D eigenvalue weighted by molar-refractivity contribution is 8.45. The van der Waals surface area contributed by atoms with Gasteiger partial charge in [-0.3, -0.25) is 9.38 Å². The van der Waals surface area contributed by atoms with Crippen molar-refractivity contribution in [1.29, 1.82) is 0 Å². The molecule has 0 unspecified atom stereocenters. The summed E-state index contributed by atoms with van der Waals surface area (Å²) >= 11 is 0. The topological polar surface area (TPSA) is 50.4 Å². The van der Waals surface area contributed by atoms with E-state index in [0.717, 1.165) is 24.5 Å². The molecule has 0 spiro atoms. The lowest BCUT2D eigenvalue weighted by atomic mass is 10.1. The summed E-state index contributed by atoms with van der Waals surface area (Å²) in [5.41, 5.74) is -0.750. The maximum Gasteiger partial charge on any atom is 0.310 e. The van der Waals surface area contributed by atoms with Gasteiger partial charge in [-0.15, -0.1) is 0 Å². The molecule has 0 amide bonds. The number of aromatic hydroxyl groups is 1. The molecular formula is C19H12F7N3OS. The molecule has 0 aliphatic rings. The number of nitrogens with zero attached hydrogens (tertiary/aromatic N) is 3. The Kier molecular flexibility index (Phi) is 3.99. The van der Waals surface area contributed by atoms with Gasteiger partial charge in [-0.1, -0.05) is 31.6 Å². The lowest BCUT2D eigenvalue weighted by Crippen LogP contribution is -2.06. The molecule has 164 valence electrons. The number of hydrogen-bond donors (Lipinski definition) is 1. The zero-order valence-electron chi connectivity index (χ0n) is 15.5. The van der Waals surface area contributed by atoms with Gasteiger partial charge in [0.15, 0.2) is 5.65 Å². The summed E-state index contributed by atoms with van der Waals surface area (Å²) < 4.78 is 95.8. The van der Waals surface area contributed by atoms with Crippen molar-refractivity contribution in [2.75, 3.05) is 0 Å². The summed E-state index contributed by atoms with van der Waals surface area (Å²) in [6.45, 7) is 1.45. The van der Waals surface area contributed by atoms with Crippen molar-refractivity contribution in [3.8, 4) is 28.3 Å². The van der Waals surface area contributed by atoms with Gasteiger partial charge in [-0.2, -0.15) is 0 Å². The Morgan fingerprint density at radius 1 is 0.968 bits per heavy atom. The van der Waals surface area contributed by atoms with Crippen molar-refractivity contribution in [2.45, 2.75) is 11.8 Å². The van der Waals surface area contributed by atoms with Crippen molar-refractivity contribution >= 4 is 15.9 Å². The van der Waals surface area contributed by atoms with Crippen LogP contribution in [0, 0.1) is 18.6 Å². The second kappa shape index (κ2) is 5.90. The van der Waals surface area contributed by atoms with E-state index in [9.17, 15) is 33.3 Å². The lowest BCUT2D eigenvalue weighted by molar-refractivity contribution is 0.364. The fourth-order valence-corrected chi connectivity index (χ4v) is 3.89. The molecular weight excluding hydrogens is 451 g/mol. The number of halogens is 7. The molecule has 12 heteroatoms. The molecule has 4 rings (SSSR count). The predicted molar refractivity (Wildman–Crippen MR) is 102 cm³/mol. The third-order valence-electron chi connectivity index (χ3n) is 4.52. The van der Waals surface area contributed by atoms with Crippen LogP contribution in [0.25, 0.3) is 28.2 Å². The first kappa shape index (κ1) is 21.0. The largest absolute Gasteiger partial charge is 0.508 e. The number of rotatable bonds is 3. The van der Waals surface area contributed by atoms with E-state index in [2.05, 4.69) is 9.97 Å². The Morgan fingerprint density at radius 2 is 1.61 bits per heavy atom. The van der Waals surface area contributed by atoms with E-state index in [1.165, 1.54) is 11.3 Å². The quantitative estimate of drug-likeness (QED) is 0.333. The summed E-state index contributed by atoms with van der Waals surface area (Å²) in [6, 6.07) is 3.87. The molecule has 4 aromatic rings. The Labute approximate surface area is 170 Å². The molecule has 4 nitrogen and oxygen atoms in total. The highest BCUT2D eigenvalue weighted by Crippen LogP contribution is 3.02. The predicted octanol–water partition coefficient (Wildman–Crippen LogP) is 7.01. The molecule has 0 saturated carbocycles. The molecule has 0 aliphatic heterocycles. The van der Waals surface area contributed by atoms with Crippen LogP contribution in [0.15, 0.2) is 53.7 Å². The zero-order chi connectivity index (χ0) is 22.8. The first-order chi connectivity index (χ1) is 14.1. The summed E-state index contributed by atoms with van der Waals surface area (Å²) in [4.78, 5) is 5.98. The number of phenols is 1. The van der Waals surface area contributed by atoms with Crippen LogP contribution in [-0.4, -0.2) is 19.5 Å². The number of aromatic nitrogens is 3. The van der Waals surface area contributed by atoms with E-state index in [0.29, 0.717) is 12.1 Å². The van der Waals surface area contributed by atoms with Gasteiger partial charge in [0.1, 0.15) is 22.3 Å². The Balaban J connectivity index is 1.95. The van der Waals surface area contributed by atoms with E-state index in [4.69, 9.17) is 0 Å². The summed E-state index contributed by atoms with van der Waals surface area (Å²) in [7, 11) is -9.92. The molecule has 2 aromatic carbocycles. The Morgan fingerprint density at radius 3 is 2.23 bits per heavy atom. The van der Waals surface area contributed by atoms with E-state index in [1.807, 2.05) is 0 Å². The third kappa shape index (κ3) is 3.78. The van der Waals surface area contributed by atoms with Gasteiger partial charge in [0, 0.05) is 23.9 Å². The van der Waals surface area contributed by atoms with Crippen LogP contribution in [0.2, 0.25) is 0 Å². The molecule has 1 N–H and O–H groups in total. The molecule has 2 heterocycles. The SMILES string of the molecule is Cc1nc2cnc(-c3cccc(S(F)(F)(F)(F)F)c3)cn2c1-c1c(F)cc(O)cc1F. The van der Waals surface area contributed by atoms with E-state index >= 15 is 0 Å². The van der Waals surface area contributed by atoms with Crippen molar-refractivity contribution in [1.82, 2.24) is 14.4 Å². The maximum atomic E-state index is 14.4. The van der Waals surface area contributed by atoms with Crippen LogP contribution < -0.4 is 0 Å². The lowest BCUT2D eigenvalue weighted by Gasteiger charge is -2.40. The van der Waals surface area contributed by atoms with Crippen LogP contribution in [0.1, 0.15) is 5.69 Å². The third-order valence-corrected chi connectivity index (χ3v) is 5.67. The molecule has 0 saturated heterocycles. The zero-order valence-corrected chi connectivity index (χ0v) is 16.3. The minimum absolute atomic E-state index is 0.0717. The van der Waals surface area contributed by atoms with Crippen molar-refractivity contribution in [2.24, 2.45) is 0 Å². The van der Waals surface area contributed by atoms with Crippen LogP contribution >= 0.6 is 10.2 Å². The average Bonchev–Trinajstić information content (AvgIpc) is 2.94. The number of hydrogen-bond acceptors (Lipinski definition) is 3. The average molecular weight is 463 g/mol. The number of fused-ring (bicyclic) bond motifs is 1. The van der Waals surface area contributed by atoms with Crippen molar-refractivity contribution < 1.29 is 33.3 Å². The molecule has 0 aliphatic carbocycles.